The SMILES string of the molecule is CCOc1cc(Br)c(/C=C2/SC(=O)N(CCCc3ccccc3)C2=O)cc1OC. The van der Waals surface area contributed by atoms with Gasteiger partial charge in [0.25, 0.3) is 11.1 Å². The lowest BCUT2D eigenvalue weighted by molar-refractivity contribution is -0.122. The summed E-state index contributed by atoms with van der Waals surface area (Å²) in [5.41, 5.74) is 1.94. The van der Waals surface area contributed by atoms with E-state index in [1.165, 1.54) is 10.5 Å². The van der Waals surface area contributed by atoms with Crippen LogP contribution in [-0.4, -0.2) is 36.3 Å². The van der Waals surface area contributed by atoms with E-state index in [0.717, 1.165) is 34.6 Å². The zero-order chi connectivity index (χ0) is 20.8. The molecule has 7 heteroatoms. The van der Waals surface area contributed by atoms with Crippen molar-refractivity contribution < 1.29 is 19.1 Å². The van der Waals surface area contributed by atoms with Crippen LogP contribution in [0, 0.1) is 0 Å². The van der Waals surface area contributed by atoms with Gasteiger partial charge in [-0.2, -0.15) is 0 Å². The molecule has 1 aliphatic rings. The van der Waals surface area contributed by atoms with Gasteiger partial charge in [-0.15, -0.1) is 0 Å². The second-order valence-corrected chi connectivity index (χ2v) is 8.23. The number of imide groups is 1. The molecule has 152 valence electrons. The van der Waals surface area contributed by atoms with E-state index in [2.05, 4.69) is 15.9 Å². The largest absolute Gasteiger partial charge is 0.493 e. The molecular weight excluding hydrogens is 454 g/mol. The molecule has 0 unspecified atom stereocenters. The predicted molar refractivity (Wildman–Crippen MR) is 119 cm³/mol. The van der Waals surface area contributed by atoms with E-state index in [0.29, 0.717) is 29.6 Å². The van der Waals surface area contributed by atoms with Gasteiger partial charge in [-0.3, -0.25) is 14.5 Å². The van der Waals surface area contributed by atoms with E-state index in [9.17, 15) is 9.59 Å². The summed E-state index contributed by atoms with van der Waals surface area (Å²) < 4.78 is 11.7. The Morgan fingerprint density at radius 3 is 2.59 bits per heavy atom. The summed E-state index contributed by atoms with van der Waals surface area (Å²) in [6.07, 6.45) is 3.27. The number of carbonyl (C=O) groups is 2. The smallest absolute Gasteiger partial charge is 0.293 e. The fourth-order valence-corrected chi connectivity index (χ4v) is 4.30. The lowest BCUT2D eigenvalue weighted by Crippen LogP contribution is -2.29. The number of methoxy groups -OCH3 is 1. The van der Waals surface area contributed by atoms with Crippen LogP contribution < -0.4 is 9.47 Å². The van der Waals surface area contributed by atoms with Crippen LogP contribution in [0.3, 0.4) is 0 Å². The van der Waals surface area contributed by atoms with Crippen molar-refractivity contribution in [1.82, 2.24) is 4.90 Å². The Balaban J connectivity index is 1.72. The van der Waals surface area contributed by atoms with Crippen LogP contribution in [0.4, 0.5) is 4.79 Å². The van der Waals surface area contributed by atoms with Crippen molar-refractivity contribution in [3.8, 4) is 11.5 Å². The number of aryl methyl sites for hydroxylation is 1. The van der Waals surface area contributed by atoms with Gasteiger partial charge in [0.15, 0.2) is 11.5 Å². The first kappa shape index (κ1) is 21.5. The number of rotatable bonds is 8. The first-order chi connectivity index (χ1) is 14.0. The average Bonchev–Trinajstić information content (AvgIpc) is 2.98. The topological polar surface area (TPSA) is 55.8 Å². The second kappa shape index (κ2) is 9.98. The summed E-state index contributed by atoms with van der Waals surface area (Å²) >= 11 is 4.47. The predicted octanol–water partition coefficient (Wildman–Crippen LogP) is 5.53. The highest BCUT2D eigenvalue weighted by Gasteiger charge is 2.34. The average molecular weight is 476 g/mol. The Morgan fingerprint density at radius 2 is 1.90 bits per heavy atom. The minimum Gasteiger partial charge on any atom is -0.493 e. The van der Waals surface area contributed by atoms with Crippen molar-refractivity contribution in [3.05, 3.63) is 63.0 Å². The summed E-state index contributed by atoms with van der Waals surface area (Å²) in [7, 11) is 1.57. The molecule has 0 radical (unpaired) electrons. The lowest BCUT2D eigenvalue weighted by atomic mass is 10.1. The minimum absolute atomic E-state index is 0.233. The molecule has 3 rings (SSSR count). The summed E-state index contributed by atoms with van der Waals surface area (Å²) in [5.74, 6) is 0.934. The molecule has 0 atom stereocenters. The summed E-state index contributed by atoms with van der Waals surface area (Å²) in [6.45, 7) is 2.82. The van der Waals surface area contributed by atoms with E-state index in [1.54, 1.807) is 25.3 Å². The van der Waals surface area contributed by atoms with E-state index in [4.69, 9.17) is 9.47 Å². The van der Waals surface area contributed by atoms with E-state index < -0.39 is 0 Å². The highest BCUT2D eigenvalue weighted by atomic mass is 79.9. The Bertz CT molecular complexity index is 930. The molecule has 1 aliphatic heterocycles. The molecular formula is C22H22BrNO4S. The molecule has 0 spiro atoms. The van der Waals surface area contributed by atoms with Crippen molar-refractivity contribution in [1.29, 1.82) is 0 Å². The van der Waals surface area contributed by atoms with Crippen LogP contribution >= 0.6 is 27.7 Å². The Labute approximate surface area is 183 Å². The number of benzene rings is 2. The van der Waals surface area contributed by atoms with Crippen LogP contribution in [-0.2, 0) is 11.2 Å². The number of hydrogen-bond acceptors (Lipinski definition) is 5. The highest BCUT2D eigenvalue weighted by molar-refractivity contribution is 9.10. The first-order valence-electron chi connectivity index (χ1n) is 9.33. The maximum Gasteiger partial charge on any atom is 0.293 e. The summed E-state index contributed by atoms with van der Waals surface area (Å²) in [5, 5.41) is -0.233. The van der Waals surface area contributed by atoms with Gasteiger partial charge in [-0.25, -0.2) is 0 Å². The van der Waals surface area contributed by atoms with Gasteiger partial charge >= 0.3 is 0 Å². The zero-order valence-corrected chi connectivity index (χ0v) is 18.7. The van der Waals surface area contributed by atoms with Gasteiger partial charge in [0, 0.05) is 11.0 Å². The Hall–Kier alpha value is -2.25. The van der Waals surface area contributed by atoms with Gasteiger partial charge in [0.2, 0.25) is 0 Å². The molecule has 0 aliphatic carbocycles. The van der Waals surface area contributed by atoms with Gasteiger partial charge in [0.1, 0.15) is 0 Å². The highest BCUT2D eigenvalue weighted by Crippen LogP contribution is 2.38. The molecule has 2 amide bonds. The molecule has 5 nitrogen and oxygen atoms in total. The number of halogens is 1. The number of carbonyl (C=O) groups excluding carboxylic acids is 2. The second-order valence-electron chi connectivity index (χ2n) is 6.38. The summed E-state index contributed by atoms with van der Waals surface area (Å²) in [6, 6.07) is 13.6. The van der Waals surface area contributed by atoms with Gasteiger partial charge in [-0.05, 0) is 60.9 Å². The number of ether oxygens (including phenoxy) is 2. The zero-order valence-electron chi connectivity index (χ0n) is 16.3. The van der Waals surface area contributed by atoms with Crippen LogP contribution in [0.2, 0.25) is 0 Å². The molecule has 0 saturated carbocycles. The van der Waals surface area contributed by atoms with Crippen molar-refractivity contribution in [3.63, 3.8) is 0 Å². The quantitative estimate of drug-likeness (QED) is 0.470. The Kier molecular flexibility index (Phi) is 7.39. The van der Waals surface area contributed by atoms with Crippen LogP contribution in [0.15, 0.2) is 51.8 Å². The standard InChI is InChI=1S/C22H22BrNO4S/c1-3-28-19-14-17(23)16(12-18(19)27-2)13-20-21(25)24(22(26)29-20)11-7-10-15-8-5-4-6-9-15/h4-6,8-9,12-14H,3,7,10-11H2,1-2H3/b20-13+. The third-order valence-electron chi connectivity index (χ3n) is 4.43. The van der Waals surface area contributed by atoms with Crippen LogP contribution in [0.5, 0.6) is 11.5 Å². The normalized spacial score (nSPS) is 15.3. The van der Waals surface area contributed by atoms with Crippen molar-refractivity contribution in [2.24, 2.45) is 0 Å². The minimum atomic E-state index is -0.257. The molecule has 1 heterocycles. The molecule has 0 bridgehead atoms. The van der Waals surface area contributed by atoms with Crippen LogP contribution in [0.25, 0.3) is 6.08 Å². The first-order valence-corrected chi connectivity index (χ1v) is 10.9. The molecule has 2 aromatic rings. The monoisotopic (exact) mass is 475 g/mol. The summed E-state index contributed by atoms with van der Waals surface area (Å²) in [4.78, 5) is 26.8. The van der Waals surface area contributed by atoms with E-state index >= 15 is 0 Å². The number of hydrogen-bond donors (Lipinski definition) is 0. The fourth-order valence-electron chi connectivity index (χ4n) is 3.01. The van der Waals surface area contributed by atoms with Gasteiger partial charge < -0.3 is 9.47 Å². The van der Waals surface area contributed by atoms with E-state index in [-0.39, 0.29) is 11.1 Å². The van der Waals surface area contributed by atoms with Gasteiger partial charge in [0.05, 0.1) is 18.6 Å². The molecule has 2 aromatic carbocycles. The number of nitrogens with zero attached hydrogens (tertiary/aromatic N) is 1. The maximum absolute atomic E-state index is 12.7. The lowest BCUT2D eigenvalue weighted by Gasteiger charge is -2.12. The number of thioether (sulfide) groups is 1. The number of amides is 2. The van der Waals surface area contributed by atoms with Crippen molar-refractivity contribution >= 4 is 44.9 Å². The van der Waals surface area contributed by atoms with E-state index in [1.807, 2.05) is 37.3 Å². The molecule has 0 aromatic heterocycles. The third-order valence-corrected chi connectivity index (χ3v) is 6.03. The molecule has 1 saturated heterocycles. The molecule has 29 heavy (non-hydrogen) atoms. The van der Waals surface area contributed by atoms with Gasteiger partial charge in [-0.1, -0.05) is 46.3 Å². The molecule has 0 N–H and O–H groups in total. The maximum atomic E-state index is 12.7. The fraction of sp³-hybridized carbons (Fsp3) is 0.273. The Morgan fingerprint density at radius 1 is 1.14 bits per heavy atom. The molecule has 1 fully saturated rings. The third kappa shape index (κ3) is 5.22. The van der Waals surface area contributed by atoms with Crippen molar-refractivity contribution in [2.75, 3.05) is 20.3 Å². The van der Waals surface area contributed by atoms with Crippen molar-refractivity contribution in [2.45, 2.75) is 19.8 Å². The van der Waals surface area contributed by atoms with Crippen LogP contribution in [0.1, 0.15) is 24.5 Å².